The third-order valence-electron chi connectivity index (χ3n) is 3.51. The van der Waals surface area contributed by atoms with E-state index >= 15 is 0 Å². The summed E-state index contributed by atoms with van der Waals surface area (Å²) >= 11 is 1.78. The Kier molecular flexibility index (Phi) is 6.20. The largest absolute Gasteiger partial charge is 0.378 e. The second-order valence-electron chi connectivity index (χ2n) is 5.21. The zero-order valence-corrected chi connectivity index (χ0v) is 12.8. The monoisotopic (exact) mass is 283 g/mol. The van der Waals surface area contributed by atoms with Crippen molar-refractivity contribution in [3.63, 3.8) is 0 Å². The van der Waals surface area contributed by atoms with E-state index in [4.69, 9.17) is 4.74 Å². The van der Waals surface area contributed by atoms with Gasteiger partial charge < -0.3 is 10.1 Å². The molecule has 2 rings (SSSR count). The molecule has 5 heteroatoms. The molecule has 1 aliphatic carbocycles. The zero-order chi connectivity index (χ0) is 13.5. The van der Waals surface area contributed by atoms with Crippen LogP contribution in [-0.4, -0.2) is 36.0 Å². The molecule has 1 aliphatic rings. The quantitative estimate of drug-likeness (QED) is 0.707. The van der Waals surface area contributed by atoms with Crippen LogP contribution >= 0.6 is 11.3 Å². The van der Waals surface area contributed by atoms with E-state index in [9.17, 15) is 0 Å². The van der Waals surface area contributed by atoms with Gasteiger partial charge in [0.2, 0.25) is 0 Å². The number of aromatic nitrogens is 2. The van der Waals surface area contributed by atoms with Gasteiger partial charge in [-0.25, -0.2) is 0 Å². The smallest absolute Gasteiger partial charge is 0.118 e. The van der Waals surface area contributed by atoms with Crippen molar-refractivity contribution in [2.45, 2.75) is 52.1 Å². The van der Waals surface area contributed by atoms with Gasteiger partial charge in [-0.05, 0) is 38.6 Å². The Bertz CT molecular complexity index is 363. The highest BCUT2D eigenvalue weighted by Crippen LogP contribution is 2.33. The minimum absolute atomic E-state index is 0.501. The first-order valence-corrected chi connectivity index (χ1v) is 8.27. The maximum atomic E-state index is 5.59. The molecule has 0 saturated heterocycles. The molecule has 4 nitrogen and oxygen atoms in total. The van der Waals surface area contributed by atoms with Crippen LogP contribution < -0.4 is 5.32 Å². The molecule has 0 bridgehead atoms. The summed E-state index contributed by atoms with van der Waals surface area (Å²) in [5, 5.41) is 14.3. The van der Waals surface area contributed by atoms with Gasteiger partial charge in [-0.3, -0.25) is 0 Å². The molecular formula is C14H25N3OS. The van der Waals surface area contributed by atoms with Crippen LogP contribution in [0.15, 0.2) is 0 Å². The average Bonchev–Trinajstić information content (AvgIpc) is 2.80. The van der Waals surface area contributed by atoms with Crippen molar-refractivity contribution in [3.05, 3.63) is 10.0 Å². The van der Waals surface area contributed by atoms with Crippen LogP contribution in [0.5, 0.6) is 0 Å². The number of nitrogens with one attached hydrogen (secondary N) is 1. The molecule has 0 aromatic carbocycles. The first-order chi connectivity index (χ1) is 9.31. The van der Waals surface area contributed by atoms with Crippen LogP contribution in [0, 0.1) is 5.92 Å². The summed E-state index contributed by atoms with van der Waals surface area (Å²) in [6.07, 6.45) is 6.17. The van der Waals surface area contributed by atoms with Gasteiger partial charge in [0.25, 0.3) is 0 Å². The topological polar surface area (TPSA) is 47.0 Å². The summed E-state index contributed by atoms with van der Waals surface area (Å²) < 4.78 is 5.59. The lowest BCUT2D eigenvalue weighted by atomic mass is 9.80. The predicted molar refractivity (Wildman–Crippen MR) is 78.6 cm³/mol. The van der Waals surface area contributed by atoms with E-state index in [1.54, 1.807) is 11.3 Å². The van der Waals surface area contributed by atoms with Crippen molar-refractivity contribution in [2.24, 2.45) is 5.92 Å². The Morgan fingerprint density at radius 1 is 1.21 bits per heavy atom. The highest BCUT2D eigenvalue weighted by Gasteiger charge is 2.30. The first-order valence-electron chi connectivity index (χ1n) is 7.45. The molecule has 1 saturated carbocycles. The Balaban J connectivity index is 1.64. The first kappa shape index (κ1) is 14.9. The molecule has 108 valence electrons. The van der Waals surface area contributed by atoms with Crippen LogP contribution in [0.1, 0.15) is 43.1 Å². The van der Waals surface area contributed by atoms with Crippen molar-refractivity contribution in [2.75, 3.05) is 19.7 Å². The molecule has 0 spiro atoms. The predicted octanol–water partition coefficient (Wildman–Crippen LogP) is 2.44. The highest BCUT2D eigenvalue weighted by molar-refractivity contribution is 7.11. The number of hydrogen-bond donors (Lipinski definition) is 1. The summed E-state index contributed by atoms with van der Waals surface area (Å²) in [5.41, 5.74) is 0. The number of ether oxygens (including phenoxy) is 1. The molecule has 1 fully saturated rings. The van der Waals surface area contributed by atoms with Gasteiger partial charge in [0.1, 0.15) is 10.0 Å². The lowest BCUT2D eigenvalue weighted by Gasteiger charge is -2.34. The van der Waals surface area contributed by atoms with Crippen molar-refractivity contribution < 1.29 is 4.74 Å². The molecule has 1 heterocycles. The van der Waals surface area contributed by atoms with Crippen molar-refractivity contribution in [3.8, 4) is 0 Å². The average molecular weight is 283 g/mol. The molecule has 0 aliphatic heterocycles. The van der Waals surface area contributed by atoms with Gasteiger partial charge >= 0.3 is 0 Å². The molecule has 0 atom stereocenters. The van der Waals surface area contributed by atoms with Crippen molar-refractivity contribution >= 4 is 11.3 Å². The van der Waals surface area contributed by atoms with Crippen molar-refractivity contribution in [1.82, 2.24) is 15.5 Å². The van der Waals surface area contributed by atoms with Crippen LogP contribution in [0.4, 0.5) is 0 Å². The normalized spacial score (nSPS) is 22.4. The molecule has 1 N–H and O–H groups in total. The summed E-state index contributed by atoms with van der Waals surface area (Å²) in [6.45, 7) is 7.19. The Labute approximate surface area is 120 Å². The third-order valence-corrected chi connectivity index (χ3v) is 4.51. The molecule has 1 aromatic rings. The molecular weight excluding hydrogens is 258 g/mol. The van der Waals surface area contributed by atoms with Gasteiger partial charge in [0, 0.05) is 26.0 Å². The second kappa shape index (κ2) is 7.92. The SMILES string of the molecule is CCCNCCc1nnc(CC2CC(OCC)C2)s1. The number of nitrogens with zero attached hydrogens (tertiary/aromatic N) is 2. The third kappa shape index (κ3) is 4.82. The maximum Gasteiger partial charge on any atom is 0.118 e. The van der Waals surface area contributed by atoms with E-state index in [-0.39, 0.29) is 0 Å². The van der Waals surface area contributed by atoms with Gasteiger partial charge in [0.15, 0.2) is 0 Å². The fraction of sp³-hybridized carbons (Fsp3) is 0.857. The fourth-order valence-corrected chi connectivity index (χ4v) is 3.39. The van der Waals surface area contributed by atoms with E-state index in [1.807, 2.05) is 0 Å². The van der Waals surface area contributed by atoms with E-state index < -0.39 is 0 Å². The van der Waals surface area contributed by atoms with Gasteiger partial charge in [-0.1, -0.05) is 6.92 Å². The minimum Gasteiger partial charge on any atom is -0.378 e. The van der Waals surface area contributed by atoms with Crippen LogP contribution in [0.3, 0.4) is 0 Å². The second-order valence-corrected chi connectivity index (χ2v) is 6.36. The lowest BCUT2D eigenvalue weighted by molar-refractivity contribution is -0.0240. The minimum atomic E-state index is 0.501. The number of rotatable bonds is 9. The Morgan fingerprint density at radius 3 is 2.74 bits per heavy atom. The van der Waals surface area contributed by atoms with Gasteiger partial charge in [0.05, 0.1) is 6.10 Å². The standard InChI is InChI=1S/C14H25N3OS/c1-3-6-15-7-5-13-16-17-14(19-13)10-11-8-12(9-11)18-4-2/h11-12,15H,3-10H2,1-2H3. The maximum absolute atomic E-state index is 5.59. The zero-order valence-electron chi connectivity index (χ0n) is 12.0. The summed E-state index contributed by atoms with van der Waals surface area (Å²) in [4.78, 5) is 0. The Hall–Kier alpha value is -0.520. The Morgan fingerprint density at radius 2 is 2.00 bits per heavy atom. The van der Waals surface area contributed by atoms with Gasteiger partial charge in [-0.2, -0.15) is 0 Å². The van der Waals surface area contributed by atoms with E-state index in [0.29, 0.717) is 6.10 Å². The number of hydrogen-bond acceptors (Lipinski definition) is 5. The van der Waals surface area contributed by atoms with Crippen molar-refractivity contribution in [1.29, 1.82) is 0 Å². The lowest BCUT2D eigenvalue weighted by Crippen LogP contribution is -2.32. The fourth-order valence-electron chi connectivity index (χ4n) is 2.43. The van der Waals surface area contributed by atoms with Crippen LogP contribution in [-0.2, 0) is 17.6 Å². The van der Waals surface area contributed by atoms with Crippen LogP contribution in [0.25, 0.3) is 0 Å². The highest BCUT2D eigenvalue weighted by atomic mass is 32.1. The molecule has 0 radical (unpaired) electrons. The summed E-state index contributed by atoms with van der Waals surface area (Å²) in [7, 11) is 0. The van der Waals surface area contributed by atoms with E-state index in [2.05, 4.69) is 29.4 Å². The molecule has 1 aromatic heterocycles. The molecule has 19 heavy (non-hydrogen) atoms. The van der Waals surface area contributed by atoms with Crippen LogP contribution in [0.2, 0.25) is 0 Å². The van der Waals surface area contributed by atoms with E-state index in [0.717, 1.165) is 38.5 Å². The van der Waals surface area contributed by atoms with E-state index in [1.165, 1.54) is 29.3 Å². The molecule has 0 amide bonds. The molecule has 0 unspecified atom stereocenters. The summed E-state index contributed by atoms with van der Waals surface area (Å²) in [5.74, 6) is 0.760. The summed E-state index contributed by atoms with van der Waals surface area (Å²) in [6, 6.07) is 0. The van der Waals surface area contributed by atoms with Gasteiger partial charge in [-0.15, -0.1) is 21.5 Å².